The summed E-state index contributed by atoms with van der Waals surface area (Å²) in [5.74, 6) is 1.30. The maximum Gasteiger partial charge on any atom is 0.222 e. The van der Waals surface area contributed by atoms with E-state index in [1.807, 2.05) is 0 Å². The Bertz CT molecular complexity index is 318. The van der Waals surface area contributed by atoms with E-state index in [1.54, 1.807) is 0 Å². The van der Waals surface area contributed by atoms with Gasteiger partial charge < -0.3 is 15.5 Å². The highest BCUT2D eigenvalue weighted by molar-refractivity contribution is 5.76. The minimum Gasteiger partial charge on any atom is -0.343 e. The normalized spacial score (nSPS) is 23.0. The van der Waals surface area contributed by atoms with Crippen molar-refractivity contribution >= 4 is 5.91 Å². The predicted octanol–water partition coefficient (Wildman–Crippen LogP) is 2.08. The molecular weight excluding hydrogens is 262 g/mol. The highest BCUT2D eigenvalue weighted by atomic mass is 16.2. The largest absolute Gasteiger partial charge is 0.343 e. The molecule has 0 unspecified atom stereocenters. The second-order valence-electron chi connectivity index (χ2n) is 7.29. The van der Waals surface area contributed by atoms with Gasteiger partial charge in [-0.2, -0.15) is 0 Å². The monoisotopic (exact) mass is 295 g/mol. The van der Waals surface area contributed by atoms with Crippen molar-refractivity contribution in [3.8, 4) is 0 Å². The molecule has 2 saturated heterocycles. The number of hydrogen-bond acceptors (Lipinski definition) is 3. The number of nitrogens with two attached hydrogens (primary N) is 1. The maximum atomic E-state index is 12.4. The van der Waals surface area contributed by atoms with E-state index in [9.17, 15) is 4.79 Å². The highest BCUT2D eigenvalue weighted by Gasteiger charge is 2.28. The van der Waals surface area contributed by atoms with Gasteiger partial charge in [-0.05, 0) is 63.6 Å². The second kappa shape index (κ2) is 8.14. The molecule has 2 N–H and O–H groups in total. The average molecular weight is 295 g/mol. The lowest BCUT2D eigenvalue weighted by atomic mass is 9.93. The van der Waals surface area contributed by atoms with Crippen molar-refractivity contribution in [3.05, 3.63) is 0 Å². The Morgan fingerprint density at radius 3 is 2.29 bits per heavy atom. The first-order valence-corrected chi connectivity index (χ1v) is 8.82. The zero-order chi connectivity index (χ0) is 15.2. The SMILES string of the molecule is CC(C)C[C@H](CN)CC(=O)N1CCC(N2CCCC2)CC1. The van der Waals surface area contributed by atoms with Gasteiger partial charge in [-0.25, -0.2) is 0 Å². The van der Waals surface area contributed by atoms with E-state index in [4.69, 9.17) is 5.73 Å². The van der Waals surface area contributed by atoms with E-state index in [2.05, 4.69) is 23.6 Å². The van der Waals surface area contributed by atoms with Gasteiger partial charge >= 0.3 is 0 Å². The Morgan fingerprint density at radius 2 is 1.76 bits per heavy atom. The lowest BCUT2D eigenvalue weighted by molar-refractivity contribution is -0.133. The Balaban J connectivity index is 1.74. The molecule has 0 bridgehead atoms. The molecule has 0 aromatic carbocycles. The first kappa shape index (κ1) is 16.8. The summed E-state index contributed by atoms with van der Waals surface area (Å²) >= 11 is 0. The summed E-state index contributed by atoms with van der Waals surface area (Å²) in [6, 6.07) is 0.720. The van der Waals surface area contributed by atoms with E-state index < -0.39 is 0 Å². The predicted molar refractivity (Wildman–Crippen MR) is 87.0 cm³/mol. The summed E-state index contributed by atoms with van der Waals surface area (Å²) in [7, 11) is 0. The summed E-state index contributed by atoms with van der Waals surface area (Å²) in [6.45, 7) is 9.46. The molecule has 4 heteroatoms. The van der Waals surface area contributed by atoms with E-state index >= 15 is 0 Å². The quantitative estimate of drug-likeness (QED) is 0.816. The smallest absolute Gasteiger partial charge is 0.222 e. The fourth-order valence-corrected chi connectivity index (χ4v) is 3.89. The van der Waals surface area contributed by atoms with Gasteiger partial charge in [0, 0.05) is 25.6 Å². The van der Waals surface area contributed by atoms with Crippen LogP contribution in [0.5, 0.6) is 0 Å². The van der Waals surface area contributed by atoms with Gasteiger partial charge in [0.2, 0.25) is 5.91 Å². The topological polar surface area (TPSA) is 49.6 Å². The molecule has 0 aromatic rings. The van der Waals surface area contributed by atoms with Gasteiger partial charge in [-0.1, -0.05) is 13.8 Å². The first-order chi connectivity index (χ1) is 10.1. The Kier molecular flexibility index (Phi) is 6.49. The molecule has 2 aliphatic heterocycles. The van der Waals surface area contributed by atoms with E-state index in [1.165, 1.54) is 25.9 Å². The van der Waals surface area contributed by atoms with E-state index in [-0.39, 0.29) is 0 Å². The maximum absolute atomic E-state index is 12.4. The van der Waals surface area contributed by atoms with Crippen LogP contribution >= 0.6 is 0 Å². The van der Waals surface area contributed by atoms with Crippen molar-refractivity contribution < 1.29 is 4.79 Å². The van der Waals surface area contributed by atoms with Crippen molar-refractivity contribution in [1.29, 1.82) is 0 Å². The zero-order valence-corrected chi connectivity index (χ0v) is 13.9. The number of piperidine rings is 1. The van der Waals surface area contributed by atoms with Gasteiger partial charge in [0.15, 0.2) is 0 Å². The Morgan fingerprint density at radius 1 is 1.14 bits per heavy atom. The third-order valence-corrected chi connectivity index (χ3v) is 5.08. The van der Waals surface area contributed by atoms with Gasteiger partial charge in [0.05, 0.1) is 0 Å². The van der Waals surface area contributed by atoms with Gasteiger partial charge in [-0.3, -0.25) is 4.79 Å². The van der Waals surface area contributed by atoms with Crippen LogP contribution in [0.2, 0.25) is 0 Å². The standard InChI is InChI=1S/C17H33N3O/c1-14(2)11-15(13-18)12-17(21)20-9-5-16(6-10-20)19-7-3-4-8-19/h14-16H,3-13,18H2,1-2H3/t15-/m0/s1. The van der Waals surface area contributed by atoms with Gasteiger partial charge in [0.25, 0.3) is 0 Å². The van der Waals surface area contributed by atoms with Crippen molar-refractivity contribution in [2.24, 2.45) is 17.6 Å². The van der Waals surface area contributed by atoms with Crippen LogP contribution in [-0.2, 0) is 4.79 Å². The molecule has 2 fully saturated rings. The molecule has 122 valence electrons. The van der Waals surface area contributed by atoms with Crippen LogP contribution in [0.4, 0.5) is 0 Å². The molecule has 0 aliphatic carbocycles. The van der Waals surface area contributed by atoms with Crippen LogP contribution in [0.3, 0.4) is 0 Å². The number of rotatable bonds is 6. The lowest BCUT2D eigenvalue weighted by Crippen LogP contribution is -2.46. The molecule has 0 radical (unpaired) electrons. The molecule has 2 heterocycles. The zero-order valence-electron chi connectivity index (χ0n) is 13.9. The molecule has 4 nitrogen and oxygen atoms in total. The molecule has 2 rings (SSSR count). The fraction of sp³-hybridized carbons (Fsp3) is 0.941. The number of carbonyl (C=O) groups is 1. The summed E-state index contributed by atoms with van der Waals surface area (Å²) in [6.07, 6.45) is 6.72. The third kappa shape index (κ3) is 4.96. The van der Waals surface area contributed by atoms with Crippen molar-refractivity contribution in [1.82, 2.24) is 9.80 Å². The molecular formula is C17H33N3O. The number of carbonyl (C=O) groups excluding carboxylic acids is 1. The second-order valence-corrected chi connectivity index (χ2v) is 7.29. The average Bonchev–Trinajstić information content (AvgIpc) is 3.00. The van der Waals surface area contributed by atoms with Crippen LogP contribution in [0, 0.1) is 11.8 Å². The van der Waals surface area contributed by atoms with Crippen LogP contribution in [0.1, 0.15) is 52.4 Å². The summed E-state index contributed by atoms with van der Waals surface area (Å²) < 4.78 is 0. The van der Waals surface area contributed by atoms with E-state index in [0.29, 0.717) is 30.7 Å². The molecule has 0 spiro atoms. The Labute approximate surface area is 130 Å². The third-order valence-electron chi connectivity index (χ3n) is 5.08. The summed E-state index contributed by atoms with van der Waals surface area (Å²) in [5.41, 5.74) is 5.83. The number of hydrogen-bond donors (Lipinski definition) is 1. The van der Waals surface area contributed by atoms with Crippen LogP contribution in [0.15, 0.2) is 0 Å². The van der Waals surface area contributed by atoms with E-state index in [0.717, 1.165) is 38.4 Å². The van der Waals surface area contributed by atoms with Crippen LogP contribution in [-0.4, -0.2) is 54.5 Å². The first-order valence-electron chi connectivity index (χ1n) is 8.82. The molecule has 21 heavy (non-hydrogen) atoms. The molecule has 0 saturated carbocycles. The van der Waals surface area contributed by atoms with Gasteiger partial charge in [0.1, 0.15) is 0 Å². The van der Waals surface area contributed by atoms with Crippen molar-refractivity contribution in [3.63, 3.8) is 0 Å². The molecule has 2 aliphatic rings. The number of amides is 1. The van der Waals surface area contributed by atoms with Crippen molar-refractivity contribution in [2.75, 3.05) is 32.7 Å². The minimum absolute atomic E-state index is 0.325. The van der Waals surface area contributed by atoms with Crippen LogP contribution in [0.25, 0.3) is 0 Å². The number of likely N-dealkylation sites (tertiary alicyclic amines) is 2. The van der Waals surface area contributed by atoms with Gasteiger partial charge in [-0.15, -0.1) is 0 Å². The number of nitrogens with zero attached hydrogens (tertiary/aromatic N) is 2. The minimum atomic E-state index is 0.325. The Hall–Kier alpha value is -0.610. The van der Waals surface area contributed by atoms with Crippen molar-refractivity contribution in [2.45, 2.75) is 58.4 Å². The summed E-state index contributed by atoms with van der Waals surface area (Å²) in [4.78, 5) is 17.1. The molecule has 1 amide bonds. The van der Waals surface area contributed by atoms with Crippen LogP contribution < -0.4 is 5.73 Å². The molecule has 1 atom stereocenters. The lowest BCUT2D eigenvalue weighted by Gasteiger charge is -2.37. The molecule has 0 aromatic heterocycles. The summed E-state index contributed by atoms with van der Waals surface area (Å²) in [5, 5.41) is 0. The fourth-order valence-electron chi connectivity index (χ4n) is 3.89. The highest BCUT2D eigenvalue weighted by Crippen LogP contribution is 2.22.